The van der Waals surface area contributed by atoms with Crippen LogP contribution in [0.2, 0.25) is 0 Å². The van der Waals surface area contributed by atoms with Gasteiger partial charge >= 0.3 is 0 Å². The summed E-state index contributed by atoms with van der Waals surface area (Å²) in [5, 5.41) is 2.80. The van der Waals surface area contributed by atoms with Gasteiger partial charge in [0.2, 0.25) is 10.0 Å². The van der Waals surface area contributed by atoms with Gasteiger partial charge in [0.05, 0.1) is 4.90 Å². The molecule has 0 aliphatic rings. The van der Waals surface area contributed by atoms with Crippen molar-refractivity contribution in [2.75, 3.05) is 34.2 Å². The van der Waals surface area contributed by atoms with Crippen LogP contribution in [0.4, 0.5) is 0 Å². The highest BCUT2D eigenvalue weighted by atomic mass is 32.2. The quantitative estimate of drug-likeness (QED) is 0.764. The fourth-order valence-electron chi connectivity index (χ4n) is 2.38. The Bertz CT molecular complexity index is 819. The number of hydrogen-bond acceptors (Lipinski definition) is 4. The van der Waals surface area contributed by atoms with E-state index in [1.165, 1.54) is 28.6 Å². The molecule has 140 valence electrons. The second-order valence-corrected chi connectivity index (χ2v) is 8.38. The number of carbonyl (C=O) groups is 1. The molecular weight excluding hydrogens is 350 g/mol. The molecule has 2 rings (SSSR count). The topological polar surface area (TPSA) is 69.7 Å². The third-order valence-electron chi connectivity index (χ3n) is 3.92. The maximum absolute atomic E-state index is 12.7. The van der Waals surface area contributed by atoms with Crippen LogP contribution in [0.25, 0.3) is 0 Å². The lowest BCUT2D eigenvalue weighted by atomic mass is 10.2. The molecule has 0 aromatic heterocycles. The molecule has 26 heavy (non-hydrogen) atoms. The summed E-state index contributed by atoms with van der Waals surface area (Å²) in [4.78, 5) is 14.2. The molecule has 0 spiro atoms. The molecule has 0 saturated carbocycles. The molecule has 1 N–H and O–H groups in total. The lowest BCUT2D eigenvalue weighted by Gasteiger charge is -2.17. The Labute approximate surface area is 155 Å². The zero-order chi connectivity index (χ0) is 19.2. The van der Waals surface area contributed by atoms with Gasteiger partial charge < -0.3 is 10.2 Å². The van der Waals surface area contributed by atoms with E-state index in [2.05, 4.69) is 5.32 Å². The normalized spacial score (nSPS) is 11.7. The first-order valence-corrected chi connectivity index (χ1v) is 9.78. The largest absolute Gasteiger partial charge is 0.351 e. The third-order valence-corrected chi connectivity index (χ3v) is 5.73. The fourth-order valence-corrected chi connectivity index (χ4v) is 3.54. The van der Waals surface area contributed by atoms with E-state index in [4.69, 9.17) is 0 Å². The first-order valence-electron chi connectivity index (χ1n) is 8.34. The lowest BCUT2D eigenvalue weighted by Crippen LogP contribution is -2.31. The minimum Gasteiger partial charge on any atom is -0.351 e. The highest BCUT2D eigenvalue weighted by Gasteiger charge is 2.21. The summed E-state index contributed by atoms with van der Waals surface area (Å²) >= 11 is 0. The first-order chi connectivity index (χ1) is 12.3. The molecule has 0 aliphatic heterocycles. The van der Waals surface area contributed by atoms with Crippen molar-refractivity contribution >= 4 is 15.9 Å². The number of amides is 1. The average Bonchev–Trinajstić information content (AvgIpc) is 2.62. The van der Waals surface area contributed by atoms with Gasteiger partial charge in [-0.1, -0.05) is 30.3 Å². The number of hydrogen-bond donors (Lipinski definition) is 1. The average molecular weight is 375 g/mol. The van der Waals surface area contributed by atoms with E-state index < -0.39 is 10.0 Å². The van der Waals surface area contributed by atoms with E-state index in [0.717, 1.165) is 12.1 Å². The van der Waals surface area contributed by atoms with Crippen LogP contribution in [-0.2, 0) is 16.6 Å². The van der Waals surface area contributed by atoms with Crippen molar-refractivity contribution in [1.82, 2.24) is 14.5 Å². The number of nitrogens with zero attached hydrogens (tertiary/aromatic N) is 2. The van der Waals surface area contributed by atoms with Crippen molar-refractivity contribution in [1.29, 1.82) is 0 Å². The molecule has 0 fully saturated rings. The van der Waals surface area contributed by atoms with Crippen molar-refractivity contribution in [2.45, 2.75) is 11.4 Å². The van der Waals surface area contributed by atoms with Gasteiger partial charge in [-0.3, -0.25) is 4.79 Å². The predicted octanol–water partition coefficient (Wildman–Crippen LogP) is 1.80. The summed E-state index contributed by atoms with van der Waals surface area (Å²) in [6.45, 7) is 1.56. The van der Waals surface area contributed by atoms with E-state index in [-0.39, 0.29) is 17.3 Å². The second-order valence-electron chi connectivity index (χ2n) is 6.33. The molecule has 0 bridgehead atoms. The van der Waals surface area contributed by atoms with Crippen molar-refractivity contribution in [3.8, 4) is 0 Å². The van der Waals surface area contributed by atoms with Crippen LogP contribution in [0.5, 0.6) is 0 Å². The summed E-state index contributed by atoms with van der Waals surface area (Å²) in [6.07, 6.45) is 0. The fraction of sp³-hybridized carbons (Fsp3) is 0.316. The Hall–Kier alpha value is -2.22. The van der Waals surface area contributed by atoms with Gasteiger partial charge in [-0.2, -0.15) is 4.31 Å². The lowest BCUT2D eigenvalue weighted by molar-refractivity contribution is 0.0951. The molecule has 2 aromatic carbocycles. The Morgan fingerprint density at radius 1 is 0.962 bits per heavy atom. The number of nitrogens with one attached hydrogen (secondary N) is 1. The van der Waals surface area contributed by atoms with Gasteiger partial charge in [-0.25, -0.2) is 8.42 Å². The third kappa shape index (κ3) is 5.39. The summed E-state index contributed by atoms with van der Waals surface area (Å²) < 4.78 is 26.7. The maximum atomic E-state index is 12.7. The van der Waals surface area contributed by atoms with E-state index in [0.29, 0.717) is 12.1 Å². The summed E-state index contributed by atoms with van der Waals surface area (Å²) in [5.41, 5.74) is 1.35. The number of rotatable bonds is 8. The molecule has 0 saturated heterocycles. The van der Waals surface area contributed by atoms with Crippen LogP contribution >= 0.6 is 0 Å². The summed E-state index contributed by atoms with van der Waals surface area (Å²) in [7, 11) is 1.79. The minimum atomic E-state index is -3.61. The molecule has 2 aromatic rings. The monoisotopic (exact) mass is 375 g/mol. The SMILES string of the molecule is CN(C)CCNC(=O)c1ccc(S(=O)(=O)N(C)Cc2ccccc2)cc1. The Morgan fingerprint density at radius 3 is 2.15 bits per heavy atom. The maximum Gasteiger partial charge on any atom is 0.251 e. The van der Waals surface area contributed by atoms with Crippen LogP contribution in [0.15, 0.2) is 59.5 Å². The molecular formula is C19H25N3O3S. The molecule has 0 aliphatic carbocycles. The molecule has 1 amide bonds. The first kappa shape index (κ1) is 20.1. The highest BCUT2D eigenvalue weighted by Crippen LogP contribution is 2.17. The summed E-state index contributed by atoms with van der Waals surface area (Å²) in [5.74, 6) is -0.214. The molecule has 7 heteroatoms. The number of carbonyl (C=O) groups excluding carboxylic acids is 1. The number of likely N-dealkylation sites (N-methyl/N-ethyl adjacent to an activating group) is 1. The predicted molar refractivity (Wildman–Crippen MR) is 102 cm³/mol. The molecule has 0 heterocycles. The van der Waals surface area contributed by atoms with Gasteiger partial charge in [0, 0.05) is 32.2 Å². The second kappa shape index (κ2) is 8.93. The van der Waals surface area contributed by atoms with Crippen molar-refractivity contribution < 1.29 is 13.2 Å². The van der Waals surface area contributed by atoms with Crippen LogP contribution in [-0.4, -0.2) is 57.8 Å². The molecule has 0 radical (unpaired) electrons. The minimum absolute atomic E-state index is 0.167. The van der Waals surface area contributed by atoms with Crippen LogP contribution in [0.1, 0.15) is 15.9 Å². The Morgan fingerprint density at radius 2 is 1.58 bits per heavy atom. The van der Waals surface area contributed by atoms with Crippen molar-refractivity contribution in [3.05, 3.63) is 65.7 Å². The van der Waals surface area contributed by atoms with Crippen LogP contribution in [0.3, 0.4) is 0 Å². The standard InChI is InChI=1S/C19H25N3O3S/c1-21(2)14-13-20-19(23)17-9-11-18(12-10-17)26(24,25)22(3)15-16-7-5-4-6-8-16/h4-12H,13-15H2,1-3H3,(H,20,23). The van der Waals surface area contributed by atoms with E-state index in [1.54, 1.807) is 7.05 Å². The van der Waals surface area contributed by atoms with E-state index >= 15 is 0 Å². The molecule has 0 unspecified atom stereocenters. The smallest absolute Gasteiger partial charge is 0.251 e. The van der Waals surface area contributed by atoms with Crippen molar-refractivity contribution in [3.63, 3.8) is 0 Å². The van der Waals surface area contributed by atoms with Gasteiger partial charge in [0.25, 0.3) is 5.91 Å². The molecule has 0 atom stereocenters. The number of benzene rings is 2. The Balaban J connectivity index is 2.05. The number of sulfonamides is 1. The zero-order valence-corrected chi connectivity index (χ0v) is 16.2. The molecule has 6 nitrogen and oxygen atoms in total. The zero-order valence-electron chi connectivity index (χ0n) is 15.3. The van der Waals surface area contributed by atoms with Gasteiger partial charge in [0.15, 0.2) is 0 Å². The van der Waals surface area contributed by atoms with Crippen molar-refractivity contribution in [2.24, 2.45) is 0 Å². The van der Waals surface area contributed by atoms with E-state index in [1.807, 2.05) is 49.3 Å². The summed E-state index contributed by atoms with van der Waals surface area (Å²) in [6, 6.07) is 15.4. The highest BCUT2D eigenvalue weighted by molar-refractivity contribution is 7.89. The van der Waals surface area contributed by atoms with Gasteiger partial charge in [-0.05, 0) is 43.9 Å². The van der Waals surface area contributed by atoms with E-state index in [9.17, 15) is 13.2 Å². The Kier molecular flexibility index (Phi) is 6.90. The van der Waals surface area contributed by atoms with Crippen LogP contribution < -0.4 is 5.32 Å². The van der Waals surface area contributed by atoms with Crippen LogP contribution in [0, 0.1) is 0 Å². The van der Waals surface area contributed by atoms with Gasteiger partial charge in [0.1, 0.15) is 0 Å². The van der Waals surface area contributed by atoms with Gasteiger partial charge in [-0.15, -0.1) is 0 Å².